The van der Waals surface area contributed by atoms with Crippen LogP contribution in [0, 0.1) is 0 Å². The second kappa shape index (κ2) is 7.24. The van der Waals surface area contributed by atoms with E-state index in [0.29, 0.717) is 6.10 Å². The van der Waals surface area contributed by atoms with Gasteiger partial charge in [0.25, 0.3) is 0 Å². The Bertz CT molecular complexity index is 128. The van der Waals surface area contributed by atoms with E-state index in [2.05, 4.69) is 0 Å². The highest BCUT2D eigenvalue weighted by molar-refractivity contribution is 4.63. The third-order valence-electron chi connectivity index (χ3n) is 2.92. The lowest BCUT2D eigenvalue weighted by Gasteiger charge is -2.22. The molecule has 0 spiro atoms. The molecular formula is C12H24O2. The summed E-state index contributed by atoms with van der Waals surface area (Å²) in [6.45, 7) is 2.84. The molecule has 0 amide bonds. The van der Waals surface area contributed by atoms with E-state index in [1.807, 2.05) is 6.92 Å². The van der Waals surface area contributed by atoms with Crippen LogP contribution in [0.25, 0.3) is 0 Å². The summed E-state index contributed by atoms with van der Waals surface area (Å²) in [5.74, 6) is 0. The van der Waals surface area contributed by atoms with Gasteiger partial charge in [0.05, 0.1) is 12.2 Å². The van der Waals surface area contributed by atoms with Crippen molar-refractivity contribution in [2.24, 2.45) is 0 Å². The lowest BCUT2D eigenvalue weighted by atomic mass is 10.0. The molecule has 2 heteroatoms. The Morgan fingerprint density at radius 2 is 2.14 bits per heavy atom. The van der Waals surface area contributed by atoms with Crippen LogP contribution in [0.2, 0.25) is 0 Å². The van der Waals surface area contributed by atoms with Crippen LogP contribution in [0.3, 0.4) is 0 Å². The van der Waals surface area contributed by atoms with E-state index in [0.717, 1.165) is 19.4 Å². The zero-order chi connectivity index (χ0) is 10.2. The monoisotopic (exact) mass is 200 g/mol. The summed E-state index contributed by atoms with van der Waals surface area (Å²) in [5, 5.41) is 9.08. The van der Waals surface area contributed by atoms with E-state index in [1.54, 1.807) is 0 Å². The van der Waals surface area contributed by atoms with Gasteiger partial charge in [0.15, 0.2) is 0 Å². The summed E-state index contributed by atoms with van der Waals surface area (Å²) >= 11 is 0. The molecule has 1 rings (SSSR count). The van der Waals surface area contributed by atoms with Crippen LogP contribution in [0.1, 0.15) is 58.3 Å². The second-order valence-corrected chi connectivity index (χ2v) is 4.48. The molecule has 0 bridgehead atoms. The third-order valence-corrected chi connectivity index (χ3v) is 2.92. The number of rotatable bonds is 6. The normalized spacial score (nSPS) is 24.9. The van der Waals surface area contributed by atoms with E-state index in [9.17, 15) is 0 Å². The average molecular weight is 200 g/mol. The van der Waals surface area contributed by atoms with Gasteiger partial charge in [0.1, 0.15) is 0 Å². The lowest BCUT2D eigenvalue weighted by Crippen LogP contribution is -2.18. The molecule has 84 valence electrons. The molecule has 2 unspecified atom stereocenters. The van der Waals surface area contributed by atoms with Crippen molar-refractivity contribution in [1.29, 1.82) is 0 Å². The van der Waals surface area contributed by atoms with Crippen molar-refractivity contribution in [3.63, 3.8) is 0 Å². The van der Waals surface area contributed by atoms with Gasteiger partial charge in [-0.3, -0.25) is 0 Å². The number of aliphatic hydroxyl groups excluding tert-OH is 1. The van der Waals surface area contributed by atoms with Gasteiger partial charge in [-0.15, -0.1) is 0 Å². The van der Waals surface area contributed by atoms with E-state index in [1.165, 1.54) is 38.5 Å². The van der Waals surface area contributed by atoms with Crippen LogP contribution in [0.15, 0.2) is 0 Å². The fourth-order valence-electron chi connectivity index (χ4n) is 2.02. The lowest BCUT2D eigenvalue weighted by molar-refractivity contribution is 0.00967. The smallest absolute Gasteiger partial charge is 0.0575 e. The molecule has 1 N–H and O–H groups in total. The molecule has 0 radical (unpaired) electrons. The van der Waals surface area contributed by atoms with Crippen LogP contribution < -0.4 is 0 Å². The Morgan fingerprint density at radius 3 is 2.79 bits per heavy atom. The van der Waals surface area contributed by atoms with Crippen molar-refractivity contribution in [2.75, 3.05) is 6.61 Å². The topological polar surface area (TPSA) is 29.5 Å². The van der Waals surface area contributed by atoms with Gasteiger partial charge in [-0.05, 0) is 39.0 Å². The number of hydrogen-bond acceptors (Lipinski definition) is 2. The Kier molecular flexibility index (Phi) is 6.20. The fraction of sp³-hybridized carbons (Fsp3) is 1.00. The standard InChI is InChI=1S/C12H24O2/c1-11(13)7-3-2-4-8-12-9-5-6-10-14-12/h11-13H,2-10H2,1H3. The maximum absolute atomic E-state index is 9.08. The molecule has 1 aliphatic heterocycles. The maximum Gasteiger partial charge on any atom is 0.0575 e. The molecule has 0 aliphatic carbocycles. The molecular weight excluding hydrogens is 176 g/mol. The minimum atomic E-state index is -0.124. The first-order valence-corrected chi connectivity index (χ1v) is 6.08. The summed E-state index contributed by atoms with van der Waals surface area (Å²) < 4.78 is 5.66. The molecule has 2 atom stereocenters. The summed E-state index contributed by atoms with van der Waals surface area (Å²) in [6.07, 6.45) is 10.1. The largest absolute Gasteiger partial charge is 0.393 e. The highest BCUT2D eigenvalue weighted by atomic mass is 16.5. The second-order valence-electron chi connectivity index (χ2n) is 4.48. The van der Waals surface area contributed by atoms with Gasteiger partial charge < -0.3 is 9.84 Å². The zero-order valence-corrected chi connectivity index (χ0v) is 9.37. The first kappa shape index (κ1) is 12.0. The van der Waals surface area contributed by atoms with Crippen LogP contribution >= 0.6 is 0 Å². The predicted molar refractivity (Wildman–Crippen MR) is 58.4 cm³/mol. The number of aliphatic hydroxyl groups is 1. The summed E-state index contributed by atoms with van der Waals surface area (Å²) in [5.41, 5.74) is 0. The van der Waals surface area contributed by atoms with Gasteiger partial charge in [-0.1, -0.05) is 19.3 Å². The minimum Gasteiger partial charge on any atom is -0.393 e. The molecule has 1 fully saturated rings. The molecule has 0 aromatic rings. The quantitative estimate of drug-likeness (QED) is 0.668. The van der Waals surface area contributed by atoms with Crippen LogP contribution in [0.5, 0.6) is 0 Å². The molecule has 1 heterocycles. The summed E-state index contributed by atoms with van der Waals surface area (Å²) in [4.78, 5) is 0. The van der Waals surface area contributed by atoms with E-state index in [-0.39, 0.29) is 6.10 Å². The predicted octanol–water partition coefficient (Wildman–Crippen LogP) is 2.89. The first-order chi connectivity index (χ1) is 6.79. The van der Waals surface area contributed by atoms with Gasteiger partial charge in [-0.25, -0.2) is 0 Å². The molecule has 0 aromatic heterocycles. The van der Waals surface area contributed by atoms with Crippen molar-refractivity contribution >= 4 is 0 Å². The van der Waals surface area contributed by atoms with E-state index >= 15 is 0 Å². The summed E-state index contributed by atoms with van der Waals surface area (Å²) in [6, 6.07) is 0. The van der Waals surface area contributed by atoms with Crippen molar-refractivity contribution in [3.05, 3.63) is 0 Å². The third kappa shape index (κ3) is 5.61. The van der Waals surface area contributed by atoms with Crippen LogP contribution in [-0.4, -0.2) is 23.9 Å². The Morgan fingerprint density at radius 1 is 1.29 bits per heavy atom. The zero-order valence-electron chi connectivity index (χ0n) is 9.37. The molecule has 0 saturated carbocycles. The Labute approximate surface area is 87.7 Å². The van der Waals surface area contributed by atoms with Gasteiger partial charge in [0.2, 0.25) is 0 Å². The van der Waals surface area contributed by atoms with E-state index in [4.69, 9.17) is 9.84 Å². The highest BCUT2D eigenvalue weighted by Crippen LogP contribution is 2.18. The van der Waals surface area contributed by atoms with Crippen molar-refractivity contribution < 1.29 is 9.84 Å². The molecule has 1 saturated heterocycles. The first-order valence-electron chi connectivity index (χ1n) is 6.08. The van der Waals surface area contributed by atoms with Crippen molar-refractivity contribution in [3.8, 4) is 0 Å². The van der Waals surface area contributed by atoms with Crippen molar-refractivity contribution in [2.45, 2.75) is 70.5 Å². The number of hydrogen-bond donors (Lipinski definition) is 1. The number of ether oxygens (including phenoxy) is 1. The van der Waals surface area contributed by atoms with Gasteiger partial charge >= 0.3 is 0 Å². The fourth-order valence-corrected chi connectivity index (χ4v) is 2.02. The molecule has 1 aliphatic rings. The molecule has 14 heavy (non-hydrogen) atoms. The highest BCUT2D eigenvalue weighted by Gasteiger charge is 2.12. The maximum atomic E-state index is 9.08. The molecule has 2 nitrogen and oxygen atoms in total. The van der Waals surface area contributed by atoms with Crippen LogP contribution in [0.4, 0.5) is 0 Å². The Hall–Kier alpha value is -0.0800. The van der Waals surface area contributed by atoms with Gasteiger partial charge in [-0.2, -0.15) is 0 Å². The van der Waals surface area contributed by atoms with Gasteiger partial charge in [0, 0.05) is 6.61 Å². The summed E-state index contributed by atoms with van der Waals surface area (Å²) in [7, 11) is 0. The van der Waals surface area contributed by atoms with Crippen molar-refractivity contribution in [1.82, 2.24) is 0 Å². The number of unbranched alkanes of at least 4 members (excludes halogenated alkanes) is 2. The average Bonchev–Trinajstić information content (AvgIpc) is 2.18. The molecule has 0 aromatic carbocycles. The van der Waals surface area contributed by atoms with E-state index < -0.39 is 0 Å². The Balaban J connectivity index is 1.87. The minimum absolute atomic E-state index is 0.124. The SMILES string of the molecule is CC(O)CCCCCC1CCCCO1. The van der Waals surface area contributed by atoms with Crippen LogP contribution in [-0.2, 0) is 4.74 Å².